The molecule has 0 atom stereocenters. The molecule has 124 valence electrons. The molecule has 0 amide bonds. The van der Waals surface area contributed by atoms with E-state index in [2.05, 4.69) is 23.8 Å². The van der Waals surface area contributed by atoms with Crippen LogP contribution in [0.25, 0.3) is 0 Å². The Labute approximate surface area is 127 Å². The second-order valence-electron chi connectivity index (χ2n) is 5.55. The van der Waals surface area contributed by atoms with Gasteiger partial charge in [0.25, 0.3) is 0 Å². The Morgan fingerprint density at radius 1 is 0.952 bits per heavy atom. The monoisotopic (exact) mass is 304 g/mol. The van der Waals surface area contributed by atoms with E-state index in [0.29, 0.717) is 13.3 Å². The highest BCUT2D eigenvalue weighted by Crippen LogP contribution is 2.14. The zero-order valence-corrected chi connectivity index (χ0v) is 13.5. The van der Waals surface area contributed by atoms with Crippen LogP contribution in [0.2, 0.25) is 0 Å². The fourth-order valence-corrected chi connectivity index (χ4v) is 1.93. The Bertz CT molecular complexity index is 283. The van der Waals surface area contributed by atoms with Crippen molar-refractivity contribution in [2.45, 2.75) is 84.0 Å². The van der Waals surface area contributed by atoms with Crippen LogP contribution in [0.5, 0.6) is 0 Å². The summed E-state index contributed by atoms with van der Waals surface area (Å²) in [6, 6.07) is 0. The third-order valence-corrected chi connectivity index (χ3v) is 3.25. The maximum absolute atomic E-state index is 12.5. The van der Waals surface area contributed by atoms with E-state index in [4.69, 9.17) is 0 Å². The molecule has 0 saturated heterocycles. The Morgan fingerprint density at radius 3 is 2.05 bits per heavy atom. The van der Waals surface area contributed by atoms with Crippen molar-refractivity contribution in [2.75, 3.05) is 6.61 Å². The van der Waals surface area contributed by atoms with Crippen molar-refractivity contribution in [3.05, 3.63) is 12.2 Å². The summed E-state index contributed by atoms with van der Waals surface area (Å²) in [6.07, 6.45) is 15.7. The second kappa shape index (κ2) is 12.8. The first-order valence-corrected chi connectivity index (χ1v) is 8.18. The number of carbonyl (C=O) groups excluding carboxylic acids is 1. The van der Waals surface area contributed by atoms with Gasteiger partial charge in [0, 0.05) is 6.92 Å². The summed E-state index contributed by atoms with van der Waals surface area (Å²) in [5.41, 5.74) is 0. The van der Waals surface area contributed by atoms with Crippen LogP contribution < -0.4 is 0 Å². The molecule has 21 heavy (non-hydrogen) atoms. The van der Waals surface area contributed by atoms with Crippen molar-refractivity contribution in [1.82, 2.24) is 0 Å². The highest BCUT2D eigenvalue weighted by atomic mass is 19.3. The second-order valence-corrected chi connectivity index (χ2v) is 5.55. The van der Waals surface area contributed by atoms with Crippen LogP contribution >= 0.6 is 0 Å². The molecule has 0 fully saturated rings. The van der Waals surface area contributed by atoms with Crippen molar-refractivity contribution < 1.29 is 18.3 Å². The number of halogens is 2. The number of unbranched alkanes of at least 4 members (excludes halogenated alkanes) is 8. The van der Waals surface area contributed by atoms with E-state index in [1.54, 1.807) is 0 Å². The molecule has 0 heterocycles. The smallest absolute Gasteiger partial charge is 0.376 e. The standard InChI is InChI=1S/C17H30F2O2/c1-3-4-5-6-7-8-9-10-11-12-13-14-15-21-16(20)17(2,18)19/h10-11H,3-9,12-15H2,1-2H3/b11-10+. The first-order chi connectivity index (χ1) is 9.98. The van der Waals surface area contributed by atoms with Gasteiger partial charge >= 0.3 is 11.9 Å². The summed E-state index contributed by atoms with van der Waals surface area (Å²) in [7, 11) is 0. The number of carbonyl (C=O) groups is 1. The lowest BCUT2D eigenvalue weighted by Crippen LogP contribution is -2.27. The zero-order valence-electron chi connectivity index (χ0n) is 13.5. The third-order valence-electron chi connectivity index (χ3n) is 3.25. The van der Waals surface area contributed by atoms with Crippen LogP contribution in [-0.2, 0) is 9.53 Å². The Balaban J connectivity index is 3.28. The van der Waals surface area contributed by atoms with Crippen molar-refractivity contribution in [3.8, 4) is 0 Å². The molecule has 0 saturated carbocycles. The molecular weight excluding hydrogens is 274 g/mol. The number of hydrogen-bond donors (Lipinski definition) is 0. The zero-order chi connectivity index (χ0) is 16.0. The van der Waals surface area contributed by atoms with Crippen LogP contribution in [-0.4, -0.2) is 18.5 Å². The van der Waals surface area contributed by atoms with Gasteiger partial charge in [0.1, 0.15) is 0 Å². The van der Waals surface area contributed by atoms with E-state index in [9.17, 15) is 13.6 Å². The Morgan fingerprint density at radius 2 is 1.48 bits per heavy atom. The summed E-state index contributed by atoms with van der Waals surface area (Å²) in [5.74, 6) is -4.81. The molecule has 0 aliphatic rings. The minimum absolute atomic E-state index is 0.0769. The first-order valence-electron chi connectivity index (χ1n) is 8.18. The molecular formula is C17H30F2O2. The van der Waals surface area contributed by atoms with Crippen molar-refractivity contribution in [3.63, 3.8) is 0 Å². The number of rotatable bonds is 13. The molecule has 0 aromatic heterocycles. The topological polar surface area (TPSA) is 26.3 Å². The van der Waals surface area contributed by atoms with E-state index < -0.39 is 11.9 Å². The van der Waals surface area contributed by atoms with E-state index >= 15 is 0 Å². The molecule has 0 spiro atoms. The molecule has 0 radical (unpaired) electrons. The largest absolute Gasteiger partial charge is 0.461 e. The quantitative estimate of drug-likeness (QED) is 0.249. The van der Waals surface area contributed by atoms with Crippen LogP contribution in [0, 0.1) is 0 Å². The highest BCUT2D eigenvalue weighted by molar-refractivity contribution is 5.76. The van der Waals surface area contributed by atoms with E-state index in [1.165, 1.54) is 38.5 Å². The molecule has 0 aromatic rings. The molecule has 0 N–H and O–H groups in total. The fourth-order valence-electron chi connectivity index (χ4n) is 1.93. The minimum Gasteiger partial charge on any atom is -0.461 e. The summed E-state index contributed by atoms with van der Waals surface area (Å²) in [4.78, 5) is 10.8. The van der Waals surface area contributed by atoms with Crippen molar-refractivity contribution in [1.29, 1.82) is 0 Å². The molecule has 0 rings (SSSR count). The molecule has 0 unspecified atom stereocenters. The van der Waals surface area contributed by atoms with Gasteiger partial charge in [0.15, 0.2) is 0 Å². The average molecular weight is 304 g/mol. The predicted octanol–water partition coefficient (Wildman–Crippen LogP) is 5.66. The molecule has 0 aromatic carbocycles. The lowest BCUT2D eigenvalue weighted by molar-refractivity contribution is -0.169. The van der Waals surface area contributed by atoms with Gasteiger partial charge < -0.3 is 4.74 Å². The SMILES string of the molecule is CCCCCCCC/C=C/CCCCOC(=O)C(C)(F)F. The summed E-state index contributed by atoms with van der Waals surface area (Å²) in [5, 5.41) is 0. The highest BCUT2D eigenvalue weighted by Gasteiger charge is 2.33. The van der Waals surface area contributed by atoms with Gasteiger partial charge in [-0.2, -0.15) is 8.78 Å². The van der Waals surface area contributed by atoms with E-state index in [0.717, 1.165) is 19.3 Å². The maximum atomic E-state index is 12.5. The lowest BCUT2D eigenvalue weighted by Gasteiger charge is -2.09. The number of alkyl halides is 2. The molecule has 0 aliphatic carbocycles. The molecule has 4 heteroatoms. The number of ether oxygens (including phenoxy) is 1. The Hall–Kier alpha value is -0.930. The van der Waals surface area contributed by atoms with Crippen LogP contribution in [0.4, 0.5) is 8.78 Å². The van der Waals surface area contributed by atoms with Gasteiger partial charge in [-0.3, -0.25) is 0 Å². The van der Waals surface area contributed by atoms with Crippen molar-refractivity contribution in [2.24, 2.45) is 0 Å². The summed E-state index contributed by atoms with van der Waals surface area (Å²) >= 11 is 0. The predicted molar refractivity (Wildman–Crippen MR) is 82.6 cm³/mol. The van der Waals surface area contributed by atoms with Gasteiger partial charge in [-0.05, 0) is 32.1 Å². The first kappa shape index (κ1) is 20.1. The molecule has 0 aliphatic heterocycles. The minimum atomic E-state index is -3.38. The van der Waals surface area contributed by atoms with Crippen LogP contribution in [0.1, 0.15) is 78.1 Å². The van der Waals surface area contributed by atoms with Gasteiger partial charge in [-0.15, -0.1) is 0 Å². The third kappa shape index (κ3) is 13.8. The van der Waals surface area contributed by atoms with E-state index in [1.807, 2.05) is 0 Å². The summed E-state index contributed by atoms with van der Waals surface area (Å²) < 4.78 is 29.4. The number of hydrogen-bond acceptors (Lipinski definition) is 2. The fraction of sp³-hybridized carbons (Fsp3) is 0.824. The van der Waals surface area contributed by atoms with Gasteiger partial charge in [0.05, 0.1) is 6.61 Å². The molecule has 0 bridgehead atoms. The molecule has 2 nitrogen and oxygen atoms in total. The summed E-state index contributed by atoms with van der Waals surface area (Å²) in [6.45, 7) is 2.85. The number of esters is 1. The lowest BCUT2D eigenvalue weighted by atomic mass is 10.1. The van der Waals surface area contributed by atoms with Crippen LogP contribution in [0.3, 0.4) is 0 Å². The van der Waals surface area contributed by atoms with Gasteiger partial charge in [-0.25, -0.2) is 4.79 Å². The van der Waals surface area contributed by atoms with Crippen LogP contribution in [0.15, 0.2) is 12.2 Å². The van der Waals surface area contributed by atoms with E-state index in [-0.39, 0.29) is 6.61 Å². The van der Waals surface area contributed by atoms with Gasteiger partial charge in [-0.1, -0.05) is 51.2 Å². The van der Waals surface area contributed by atoms with Crippen molar-refractivity contribution >= 4 is 5.97 Å². The maximum Gasteiger partial charge on any atom is 0.376 e. The normalized spacial score (nSPS) is 12.0. The Kier molecular flexibility index (Phi) is 12.2. The average Bonchev–Trinajstić information content (AvgIpc) is 2.42. The van der Waals surface area contributed by atoms with Gasteiger partial charge in [0.2, 0.25) is 0 Å². The number of allylic oxidation sites excluding steroid dienone is 2.